The van der Waals surface area contributed by atoms with Crippen molar-refractivity contribution in [1.82, 2.24) is 55.8 Å². The number of aldehydes is 1. The van der Waals surface area contributed by atoms with Gasteiger partial charge in [-0.1, -0.05) is 218 Å². The number of aromatic nitrogens is 8. The molecule has 0 bridgehead atoms. The number of benzene rings is 8. The van der Waals surface area contributed by atoms with Crippen LogP contribution in [0, 0.1) is 6.92 Å². The van der Waals surface area contributed by atoms with E-state index in [4.69, 9.17) is 47.5 Å². The van der Waals surface area contributed by atoms with E-state index in [0.29, 0.717) is 22.6 Å². The Bertz CT molecular complexity index is 7200. The van der Waals surface area contributed by atoms with Crippen molar-refractivity contribution in [3.8, 4) is 89.5 Å². The minimum atomic E-state index is -1.62. The molecule has 3 amide bonds. The topological polar surface area (TPSA) is 336 Å². The van der Waals surface area contributed by atoms with Gasteiger partial charge in [0.1, 0.15) is 22.5 Å². The SMILES string of the molecule is CC(C)(C)OC(=O)NC1(c2ccc(-c3nc4ccnc(C=O)c4cc3-c3ccccc3)cc2)CCC1.CC(C)(C)OC(=O)NC1(c2ccc(-c3nc4ccnc(CO)c4cc3-c3ccccc3)cc2)CCC1.Cc1nccc2nc(-c3ccc(C4(NC(=O)OC(C)(C)C)CCC4)cc3)c(-c3ccccc3)cc12.Cl.NC1(c2ccc(-c3nc4ccnc(CO)c4cc3-c3ccccc3)cc2)CCC1.O=[Se]=O.[B].[H-].[Na+]. The molecule has 4 fully saturated rings. The van der Waals surface area contributed by atoms with Crippen LogP contribution >= 0.6 is 12.4 Å². The summed E-state index contributed by atoms with van der Waals surface area (Å²) < 4.78 is 33.5. The smallest absolute Gasteiger partial charge is 1.00 e. The molecule has 4 aliphatic rings. The third-order valence-electron chi connectivity index (χ3n) is 26.1. The Hall–Kier alpha value is -13.2. The molecule has 0 atom stereocenters. The molecule has 27 heteroatoms. The van der Waals surface area contributed by atoms with Crippen molar-refractivity contribution in [3.63, 3.8) is 0 Å². The van der Waals surface area contributed by atoms with Gasteiger partial charge in [-0.05, 0) is 239 Å². The van der Waals surface area contributed by atoms with Crippen LogP contribution < -0.4 is 51.2 Å². The first-order chi connectivity index (χ1) is 66.9. The molecular weight excluding hydrogens is 1870 g/mol. The Balaban J connectivity index is 0.000000167. The van der Waals surface area contributed by atoms with E-state index in [9.17, 15) is 29.4 Å². The van der Waals surface area contributed by atoms with E-state index < -0.39 is 48.8 Å². The molecule has 3 radical (unpaired) electrons. The summed E-state index contributed by atoms with van der Waals surface area (Å²) in [5, 5.41) is 32.4. The van der Waals surface area contributed by atoms with Crippen LogP contribution in [0.25, 0.3) is 133 Å². The summed E-state index contributed by atoms with van der Waals surface area (Å²) in [4.78, 5) is 86.5. The van der Waals surface area contributed by atoms with Gasteiger partial charge in [0.05, 0.1) is 86.1 Å². The number of nitrogens with zero attached hydrogens (tertiary/aromatic N) is 8. The minimum absolute atomic E-state index is 0. The Kier molecular flexibility index (Phi) is 34.3. The van der Waals surface area contributed by atoms with Gasteiger partial charge in [0.15, 0.2) is 6.29 Å². The maximum absolute atomic E-state index is 12.5. The number of halogens is 1. The Morgan fingerprint density at radius 1 is 0.373 bits per heavy atom. The van der Waals surface area contributed by atoms with Crippen LogP contribution in [0.2, 0.25) is 0 Å². The molecule has 0 saturated heterocycles. The summed E-state index contributed by atoms with van der Waals surface area (Å²) >= 11 is -1.62. The van der Waals surface area contributed by atoms with Crippen molar-refractivity contribution in [2.24, 2.45) is 5.73 Å². The van der Waals surface area contributed by atoms with Crippen LogP contribution in [0.3, 0.4) is 0 Å². The van der Waals surface area contributed by atoms with Gasteiger partial charge < -0.3 is 47.5 Å². The van der Waals surface area contributed by atoms with E-state index >= 15 is 0 Å². The Morgan fingerprint density at radius 2 is 0.627 bits per heavy atom. The largest absolute Gasteiger partial charge is 1.00 e. The first kappa shape index (κ1) is 106. The molecule has 8 aromatic carbocycles. The number of pyridine rings is 8. The second-order valence-corrected chi connectivity index (χ2v) is 39.2. The van der Waals surface area contributed by atoms with Gasteiger partial charge in [-0.15, -0.1) is 12.4 Å². The second kappa shape index (κ2) is 45.8. The standard InChI is InChI=1S/C30H31N3O3.C30H29N3O3.C30H31N3O2.C25H23N3O.B.ClH.Na.O2Se.H/c2*1-29(2,3)36-28(35)33-30(15-7-16-30)22-12-10-21(11-13-22)27-23(20-8-5-4-6-9-20)18-24-25(32-27)14-17-31-26(24)19-34;1-20-24-19-25(21-9-6-5-7-10-21)27(32-26(24)15-18-31-20)22-11-13-23(14-12-22)30(16-8-17-30)33-28(34)35-29(2,3)4;26-25(12-4-13-25)19-9-7-18(8-10-19)24-20(17-5-2-1-3-6-17)15-21-22(28-24)11-14-27-23(21)16-29;;;;1-3-2;/h4-6,8-14,17-18,34H,7,15-16,19H2,1-3H3,(H,33,35);4-6,8-14,17-19H,7,15-16H2,1-3H3,(H,33,35);5-7,9-15,18-19H,8,16-17H2,1-4H3,(H,33,34);1-3,5-11,14-15,29H,4,12-13,16,26H2;;1H;;;/q;;;;;;+1;;-1. The van der Waals surface area contributed by atoms with Gasteiger partial charge >= 0.3 is 70.3 Å². The van der Waals surface area contributed by atoms with Crippen molar-refractivity contribution >= 4 is 104 Å². The molecule has 719 valence electrons. The molecule has 0 spiro atoms. The van der Waals surface area contributed by atoms with Crippen LogP contribution in [-0.4, -0.2) is 115 Å². The fourth-order valence-electron chi connectivity index (χ4n) is 18.4. The van der Waals surface area contributed by atoms with Crippen molar-refractivity contribution < 1.29 is 82.3 Å². The number of aliphatic hydroxyl groups excluding tert-OH is 2. The van der Waals surface area contributed by atoms with Crippen LogP contribution in [0.15, 0.2) is 292 Å². The number of aryl methyl sites for hydroxylation is 1. The van der Waals surface area contributed by atoms with Crippen molar-refractivity contribution in [2.75, 3.05) is 0 Å². The molecule has 7 N–H and O–H groups in total. The molecule has 8 heterocycles. The summed E-state index contributed by atoms with van der Waals surface area (Å²) in [7, 11) is 0. The van der Waals surface area contributed by atoms with Gasteiger partial charge in [-0.2, -0.15) is 0 Å². The number of carbonyl (C=O) groups is 4. The Morgan fingerprint density at radius 3 is 0.887 bits per heavy atom. The molecule has 8 aromatic heterocycles. The van der Waals surface area contributed by atoms with E-state index in [1.54, 1.807) is 18.6 Å². The van der Waals surface area contributed by atoms with Gasteiger partial charge in [0, 0.05) is 110 Å². The molecule has 16 aromatic rings. The number of nitrogens with one attached hydrogen (secondary N) is 3. The van der Waals surface area contributed by atoms with Crippen LogP contribution in [0.5, 0.6) is 0 Å². The summed E-state index contributed by atoms with van der Waals surface area (Å²) in [6, 6.07) is 90.1. The van der Waals surface area contributed by atoms with E-state index in [2.05, 4.69) is 188 Å². The van der Waals surface area contributed by atoms with E-state index in [-0.39, 0.29) is 88.3 Å². The van der Waals surface area contributed by atoms with Crippen LogP contribution in [0.1, 0.15) is 191 Å². The molecule has 4 aliphatic carbocycles. The number of hydrogen-bond donors (Lipinski definition) is 6. The normalized spacial score (nSPS) is 14.3. The first-order valence-corrected chi connectivity index (χ1v) is 48.5. The number of amides is 3. The number of ether oxygens (including phenoxy) is 3. The molecule has 4 saturated carbocycles. The summed E-state index contributed by atoms with van der Waals surface area (Å²) in [5.74, 6) is 0. The Labute approximate surface area is 865 Å². The van der Waals surface area contributed by atoms with Gasteiger partial charge in [-0.25, -0.2) is 34.3 Å². The number of hydrogen-bond acceptors (Lipinski definition) is 20. The summed E-state index contributed by atoms with van der Waals surface area (Å²) in [6.07, 6.45) is 18.2. The molecule has 0 unspecified atom stereocenters. The van der Waals surface area contributed by atoms with E-state index in [1.165, 1.54) is 12.0 Å². The second-order valence-electron chi connectivity index (χ2n) is 38.9. The predicted molar refractivity (Wildman–Crippen MR) is 559 cm³/mol. The quantitative estimate of drug-likeness (QED) is 0.0264. The minimum Gasteiger partial charge on any atom is -1.00 e. The molecule has 142 heavy (non-hydrogen) atoms. The van der Waals surface area contributed by atoms with Gasteiger partial charge in [-0.3, -0.25) is 24.7 Å². The fraction of sp³-hybridized carbons (Fsp3) is 0.270. The average Bonchev–Trinajstić information content (AvgIpc) is 0.767. The fourth-order valence-corrected chi connectivity index (χ4v) is 18.4. The third-order valence-corrected chi connectivity index (χ3v) is 26.1. The van der Waals surface area contributed by atoms with Crippen molar-refractivity contribution in [3.05, 3.63) is 337 Å². The molecule has 20 rings (SSSR count). The van der Waals surface area contributed by atoms with E-state index in [0.717, 1.165) is 227 Å². The molecular formula is C115H116BClN12NaO11Se. The first-order valence-electron chi connectivity index (χ1n) is 47.1. The third kappa shape index (κ3) is 24.4. The summed E-state index contributed by atoms with van der Waals surface area (Å²) in [6.45, 7) is 18.6. The zero-order valence-corrected chi connectivity index (χ0v) is 86.3. The molecule has 23 nitrogen and oxygen atoms in total. The zero-order chi connectivity index (χ0) is 97.9. The summed E-state index contributed by atoms with van der Waals surface area (Å²) in [5.41, 5.74) is 29.6. The number of alkyl carbamates (subject to hydrolysis) is 3. The number of rotatable bonds is 18. The average molecular weight is 1990 g/mol. The van der Waals surface area contributed by atoms with E-state index in [1.807, 2.05) is 191 Å². The van der Waals surface area contributed by atoms with Crippen LogP contribution in [0.4, 0.5) is 14.4 Å². The maximum Gasteiger partial charge on any atom is 1.00 e. The monoisotopic (exact) mass is 1990 g/mol. The van der Waals surface area contributed by atoms with Crippen molar-refractivity contribution in [1.29, 1.82) is 0 Å². The number of fused-ring (bicyclic) bond motifs is 4. The zero-order valence-electron chi connectivity index (χ0n) is 82.8. The van der Waals surface area contributed by atoms with Crippen molar-refractivity contribution in [2.45, 2.75) is 198 Å². The molecule has 0 aliphatic heterocycles. The number of nitrogens with two attached hydrogens (primary N) is 1. The predicted octanol–water partition coefficient (Wildman–Crippen LogP) is 21.5. The maximum atomic E-state index is 12.5. The number of aliphatic hydroxyl groups is 2. The van der Waals surface area contributed by atoms with Gasteiger partial charge in [0.25, 0.3) is 0 Å². The van der Waals surface area contributed by atoms with Crippen LogP contribution in [-0.2, 0) is 57.2 Å². The number of carbonyl (C=O) groups excluding carboxylic acids is 4. The van der Waals surface area contributed by atoms with Gasteiger partial charge in [0.2, 0.25) is 0 Å².